The van der Waals surface area contributed by atoms with Crippen LogP contribution < -0.4 is 10.3 Å². The molecule has 0 unspecified atom stereocenters. The lowest BCUT2D eigenvalue weighted by Gasteiger charge is -2.20. The van der Waals surface area contributed by atoms with Crippen molar-refractivity contribution < 1.29 is 9.53 Å². The van der Waals surface area contributed by atoms with Crippen molar-refractivity contribution in [3.8, 4) is 5.75 Å². The summed E-state index contributed by atoms with van der Waals surface area (Å²) in [4.78, 5) is 29.0. The number of ether oxygens (including phenoxy) is 1. The van der Waals surface area contributed by atoms with Crippen LogP contribution in [0.4, 0.5) is 0 Å². The first-order valence-electron chi connectivity index (χ1n) is 8.52. The third kappa shape index (κ3) is 3.67. The summed E-state index contributed by atoms with van der Waals surface area (Å²) in [5.74, 6) is 0.000544. The number of benzene rings is 2. The van der Waals surface area contributed by atoms with Gasteiger partial charge >= 0.3 is 5.97 Å². The Bertz CT molecular complexity index is 1030. The number of carbonyl (C=O) groups is 1. The molecule has 1 heterocycles. The predicted molar refractivity (Wildman–Crippen MR) is 102 cm³/mol. The highest BCUT2D eigenvalue weighted by Crippen LogP contribution is 2.27. The fourth-order valence-corrected chi connectivity index (χ4v) is 2.74. The van der Waals surface area contributed by atoms with Gasteiger partial charge in [-0.15, -0.1) is 0 Å². The van der Waals surface area contributed by atoms with Crippen molar-refractivity contribution in [1.82, 2.24) is 9.55 Å². The zero-order valence-electron chi connectivity index (χ0n) is 15.4. The molecule has 5 nitrogen and oxygen atoms in total. The second-order valence-corrected chi connectivity index (χ2v) is 7.40. The van der Waals surface area contributed by atoms with E-state index in [-0.39, 0.29) is 17.5 Å². The van der Waals surface area contributed by atoms with Crippen LogP contribution >= 0.6 is 0 Å². The smallest absolute Gasteiger partial charge is 0.331 e. The van der Waals surface area contributed by atoms with Gasteiger partial charge in [-0.3, -0.25) is 9.36 Å². The maximum absolute atomic E-state index is 12.5. The normalized spacial score (nSPS) is 11.5. The van der Waals surface area contributed by atoms with E-state index in [1.165, 1.54) is 16.5 Å². The SMILES string of the molecule is Cc1cc(C(C)(C)C)ccc1OC(=O)Cn1cnc2ccccc2c1=O. The van der Waals surface area contributed by atoms with Crippen LogP contribution in [0.3, 0.4) is 0 Å². The minimum atomic E-state index is -0.504. The molecule has 26 heavy (non-hydrogen) atoms. The number of aromatic nitrogens is 2. The molecule has 3 aromatic rings. The lowest BCUT2D eigenvalue weighted by molar-refractivity contribution is -0.135. The Morgan fingerprint density at radius 2 is 1.88 bits per heavy atom. The highest BCUT2D eigenvalue weighted by molar-refractivity contribution is 5.78. The Hall–Kier alpha value is -2.95. The zero-order valence-corrected chi connectivity index (χ0v) is 15.4. The number of rotatable bonds is 3. The van der Waals surface area contributed by atoms with Gasteiger partial charge in [0.2, 0.25) is 0 Å². The molecule has 0 aliphatic heterocycles. The number of fused-ring (bicyclic) bond motifs is 1. The van der Waals surface area contributed by atoms with Crippen molar-refractivity contribution in [3.63, 3.8) is 0 Å². The lowest BCUT2D eigenvalue weighted by Crippen LogP contribution is -2.27. The van der Waals surface area contributed by atoms with Crippen LogP contribution in [-0.2, 0) is 16.8 Å². The van der Waals surface area contributed by atoms with Gasteiger partial charge in [0, 0.05) is 0 Å². The van der Waals surface area contributed by atoms with Crippen molar-refractivity contribution in [2.45, 2.75) is 39.7 Å². The first-order chi connectivity index (χ1) is 12.3. The lowest BCUT2D eigenvalue weighted by atomic mass is 9.86. The van der Waals surface area contributed by atoms with E-state index >= 15 is 0 Å². The molecule has 0 aliphatic carbocycles. The molecule has 0 aliphatic rings. The predicted octanol–water partition coefficient (Wildman–Crippen LogP) is 3.61. The highest BCUT2D eigenvalue weighted by atomic mass is 16.5. The van der Waals surface area contributed by atoms with Crippen molar-refractivity contribution in [2.75, 3.05) is 0 Å². The second kappa shape index (κ2) is 6.75. The molecular weight excluding hydrogens is 328 g/mol. The molecule has 0 fully saturated rings. The summed E-state index contributed by atoms with van der Waals surface area (Å²) in [6, 6.07) is 12.8. The number of hydrogen-bond donors (Lipinski definition) is 0. The summed E-state index contributed by atoms with van der Waals surface area (Å²) >= 11 is 0. The monoisotopic (exact) mass is 350 g/mol. The topological polar surface area (TPSA) is 61.2 Å². The van der Waals surface area contributed by atoms with Crippen molar-refractivity contribution in [2.24, 2.45) is 0 Å². The van der Waals surface area contributed by atoms with E-state index in [2.05, 4.69) is 25.8 Å². The quantitative estimate of drug-likeness (QED) is 0.535. The molecular formula is C21H22N2O3. The van der Waals surface area contributed by atoms with Crippen molar-refractivity contribution in [1.29, 1.82) is 0 Å². The molecule has 2 aromatic carbocycles. The fraction of sp³-hybridized carbons (Fsp3) is 0.286. The molecule has 0 amide bonds. The van der Waals surface area contributed by atoms with Crippen molar-refractivity contribution in [3.05, 3.63) is 70.3 Å². The minimum Gasteiger partial charge on any atom is -0.425 e. The van der Waals surface area contributed by atoms with E-state index in [0.29, 0.717) is 16.7 Å². The average Bonchev–Trinajstić information content (AvgIpc) is 2.58. The standard InChI is InChI=1S/C21H22N2O3/c1-14-11-15(21(2,3)4)9-10-18(14)26-19(24)12-23-13-22-17-8-6-5-7-16(17)20(23)25/h5-11,13H,12H2,1-4H3. The molecule has 1 aromatic heterocycles. The zero-order chi connectivity index (χ0) is 18.9. The van der Waals surface area contributed by atoms with Gasteiger partial charge in [0.05, 0.1) is 17.2 Å². The van der Waals surface area contributed by atoms with E-state index in [4.69, 9.17) is 4.74 Å². The molecule has 0 radical (unpaired) electrons. The summed E-state index contributed by atoms with van der Waals surface area (Å²) in [6.07, 6.45) is 1.38. The van der Waals surface area contributed by atoms with E-state index in [9.17, 15) is 9.59 Å². The largest absolute Gasteiger partial charge is 0.425 e. The van der Waals surface area contributed by atoms with Gasteiger partial charge in [-0.1, -0.05) is 45.0 Å². The van der Waals surface area contributed by atoms with E-state index in [1.807, 2.05) is 25.1 Å². The number of hydrogen-bond acceptors (Lipinski definition) is 4. The second-order valence-electron chi connectivity index (χ2n) is 7.40. The van der Waals surface area contributed by atoms with Crippen LogP contribution in [0, 0.1) is 6.92 Å². The molecule has 5 heteroatoms. The van der Waals surface area contributed by atoms with E-state index < -0.39 is 5.97 Å². The molecule has 0 saturated heterocycles. The summed E-state index contributed by atoms with van der Waals surface area (Å²) in [7, 11) is 0. The van der Waals surface area contributed by atoms with E-state index in [0.717, 1.165) is 5.56 Å². The number of nitrogens with zero attached hydrogens (tertiary/aromatic N) is 2. The summed E-state index contributed by atoms with van der Waals surface area (Å²) in [5.41, 5.74) is 2.43. The van der Waals surface area contributed by atoms with Crippen LogP contribution in [-0.4, -0.2) is 15.5 Å². The molecule has 0 spiro atoms. The first kappa shape index (κ1) is 17.9. The number of carbonyl (C=O) groups excluding carboxylic acids is 1. The fourth-order valence-electron chi connectivity index (χ4n) is 2.74. The van der Waals surface area contributed by atoms with Crippen LogP contribution in [0.2, 0.25) is 0 Å². The van der Waals surface area contributed by atoms with E-state index in [1.54, 1.807) is 24.3 Å². The third-order valence-corrected chi connectivity index (χ3v) is 4.30. The van der Waals surface area contributed by atoms with Gasteiger partial charge < -0.3 is 4.74 Å². The molecule has 134 valence electrons. The molecule has 0 atom stereocenters. The Balaban J connectivity index is 1.80. The Morgan fingerprint density at radius 3 is 2.58 bits per heavy atom. The van der Waals surface area contributed by atoms with Gasteiger partial charge in [0.1, 0.15) is 12.3 Å². The molecule has 0 bridgehead atoms. The number of aryl methyl sites for hydroxylation is 1. The van der Waals surface area contributed by atoms with Gasteiger partial charge in [0.15, 0.2) is 0 Å². The van der Waals surface area contributed by atoms with Crippen LogP contribution in [0.1, 0.15) is 31.9 Å². The first-order valence-corrected chi connectivity index (χ1v) is 8.52. The molecule has 0 N–H and O–H groups in total. The summed E-state index contributed by atoms with van der Waals surface area (Å²) in [6.45, 7) is 8.12. The van der Waals surface area contributed by atoms with Gasteiger partial charge in [-0.25, -0.2) is 9.78 Å². The minimum absolute atomic E-state index is 0.0252. The highest BCUT2D eigenvalue weighted by Gasteiger charge is 2.16. The number of esters is 1. The Labute approximate surface area is 152 Å². The third-order valence-electron chi connectivity index (χ3n) is 4.30. The van der Waals surface area contributed by atoms with Crippen LogP contribution in [0.25, 0.3) is 10.9 Å². The van der Waals surface area contributed by atoms with Crippen LogP contribution in [0.5, 0.6) is 5.75 Å². The van der Waals surface area contributed by atoms with Crippen LogP contribution in [0.15, 0.2) is 53.6 Å². The molecule has 3 rings (SSSR count). The molecule has 0 saturated carbocycles. The van der Waals surface area contributed by atoms with Gasteiger partial charge in [0.25, 0.3) is 5.56 Å². The van der Waals surface area contributed by atoms with Crippen molar-refractivity contribution >= 4 is 16.9 Å². The number of para-hydroxylation sites is 1. The maximum Gasteiger partial charge on any atom is 0.331 e. The Morgan fingerprint density at radius 1 is 1.15 bits per heavy atom. The Kier molecular flexibility index (Phi) is 4.64. The summed E-state index contributed by atoms with van der Waals surface area (Å²) < 4.78 is 6.72. The summed E-state index contributed by atoms with van der Waals surface area (Å²) in [5, 5.41) is 0.480. The maximum atomic E-state index is 12.5. The van der Waals surface area contributed by atoms with Gasteiger partial charge in [-0.2, -0.15) is 0 Å². The average molecular weight is 350 g/mol. The van der Waals surface area contributed by atoms with Gasteiger partial charge in [-0.05, 0) is 41.7 Å².